The maximum absolute atomic E-state index is 4.93. The molecule has 0 aliphatic carbocycles. The fourth-order valence-electron chi connectivity index (χ4n) is 1.25. The second kappa shape index (κ2) is 4.85. The van der Waals surface area contributed by atoms with Crippen molar-refractivity contribution in [3.63, 3.8) is 0 Å². The molecule has 0 saturated carbocycles. The number of hydrogen-bond acceptors (Lipinski definition) is 2. The van der Waals surface area contributed by atoms with E-state index in [0.29, 0.717) is 0 Å². The van der Waals surface area contributed by atoms with Gasteiger partial charge in [-0.15, -0.1) is 11.3 Å². The van der Waals surface area contributed by atoms with Crippen LogP contribution in [0.1, 0.15) is 4.88 Å². The molecule has 5 heteroatoms. The fourth-order valence-corrected chi connectivity index (χ4v) is 3.95. The van der Waals surface area contributed by atoms with Crippen molar-refractivity contribution in [2.45, 2.75) is 39.3 Å². The monoisotopic (exact) mass is 270 g/mol. The number of nitrogens with one attached hydrogen (secondary N) is 1. The Bertz CT molecular complexity index is 358. The van der Waals surface area contributed by atoms with Crippen LogP contribution in [0.25, 0.3) is 0 Å². The number of amidine groups is 1. The van der Waals surface area contributed by atoms with Crippen molar-refractivity contribution >= 4 is 33.6 Å². The van der Waals surface area contributed by atoms with Crippen molar-refractivity contribution < 1.29 is 0 Å². The van der Waals surface area contributed by atoms with Gasteiger partial charge in [-0.2, -0.15) is 0 Å². The van der Waals surface area contributed by atoms with E-state index in [9.17, 15) is 0 Å². The number of nitrogens with zero attached hydrogens (tertiary/aromatic N) is 1. The molecule has 16 heavy (non-hydrogen) atoms. The fraction of sp³-hybridized carbons (Fsp3) is 0.545. The summed E-state index contributed by atoms with van der Waals surface area (Å²) < 4.78 is 4.93. The zero-order chi connectivity index (χ0) is 12.4. The zero-order valence-electron chi connectivity index (χ0n) is 11.1. The molecule has 0 atom stereocenters. The maximum Gasteiger partial charge on any atom is 0.175 e. The van der Waals surface area contributed by atoms with Gasteiger partial charge in [0.2, 0.25) is 0 Å². The van der Waals surface area contributed by atoms with E-state index in [0.717, 1.165) is 5.84 Å². The van der Waals surface area contributed by atoms with E-state index in [1.54, 1.807) is 11.3 Å². The minimum atomic E-state index is -1.42. The predicted molar refractivity (Wildman–Crippen MR) is 80.7 cm³/mol. The van der Waals surface area contributed by atoms with Crippen LogP contribution in [-0.2, 0) is 0 Å². The molecule has 0 aliphatic heterocycles. The topological polar surface area (TPSA) is 24.4 Å². The third kappa shape index (κ3) is 5.09. The van der Waals surface area contributed by atoms with E-state index >= 15 is 0 Å². The SMILES string of the molecule is C[Si](C)(C)/N=C(\N[Si](C)(C)C)c1cccs1. The van der Waals surface area contributed by atoms with Gasteiger partial charge in [0.1, 0.15) is 14.1 Å². The Kier molecular flexibility index (Phi) is 4.14. The summed E-state index contributed by atoms with van der Waals surface area (Å²) in [5, 5.41) is 2.11. The molecule has 0 bridgehead atoms. The summed E-state index contributed by atoms with van der Waals surface area (Å²) in [6.07, 6.45) is 0. The molecule has 1 rings (SSSR count). The summed E-state index contributed by atoms with van der Waals surface area (Å²) in [6, 6.07) is 4.24. The minimum Gasteiger partial charge on any atom is -0.396 e. The van der Waals surface area contributed by atoms with E-state index < -0.39 is 16.5 Å². The number of thiophene rings is 1. The summed E-state index contributed by atoms with van der Waals surface area (Å²) in [5.41, 5.74) is 0. The van der Waals surface area contributed by atoms with Crippen LogP contribution in [0.4, 0.5) is 0 Å². The van der Waals surface area contributed by atoms with Gasteiger partial charge in [0.15, 0.2) is 8.24 Å². The molecule has 0 aromatic carbocycles. The molecule has 1 heterocycles. The van der Waals surface area contributed by atoms with Gasteiger partial charge < -0.3 is 9.64 Å². The lowest BCUT2D eigenvalue weighted by atomic mass is 10.4. The van der Waals surface area contributed by atoms with Crippen molar-refractivity contribution in [1.82, 2.24) is 4.98 Å². The molecule has 90 valence electrons. The molecule has 0 amide bonds. The number of rotatable bonds is 3. The summed E-state index contributed by atoms with van der Waals surface area (Å²) in [4.78, 5) is 4.92. The van der Waals surface area contributed by atoms with Gasteiger partial charge >= 0.3 is 0 Å². The first-order valence-electron chi connectivity index (χ1n) is 5.59. The molecule has 0 radical (unpaired) electrons. The molecule has 1 aromatic heterocycles. The molecule has 0 spiro atoms. The van der Waals surface area contributed by atoms with E-state index in [-0.39, 0.29) is 0 Å². The van der Waals surface area contributed by atoms with Crippen molar-refractivity contribution in [3.8, 4) is 0 Å². The predicted octanol–water partition coefficient (Wildman–Crippen LogP) is 3.75. The van der Waals surface area contributed by atoms with Crippen LogP contribution < -0.4 is 4.98 Å². The molecular weight excluding hydrogens is 248 g/mol. The maximum atomic E-state index is 4.93. The van der Waals surface area contributed by atoms with Gasteiger partial charge in [0, 0.05) is 0 Å². The largest absolute Gasteiger partial charge is 0.396 e. The van der Waals surface area contributed by atoms with Crippen molar-refractivity contribution in [2.24, 2.45) is 4.66 Å². The minimum absolute atomic E-state index is 1.12. The highest BCUT2D eigenvalue weighted by molar-refractivity contribution is 7.12. The molecule has 0 unspecified atom stereocenters. The Morgan fingerprint density at radius 1 is 1.19 bits per heavy atom. The van der Waals surface area contributed by atoms with E-state index in [2.05, 4.69) is 61.8 Å². The molecule has 1 aromatic rings. The van der Waals surface area contributed by atoms with Crippen molar-refractivity contribution in [2.75, 3.05) is 0 Å². The van der Waals surface area contributed by atoms with Gasteiger partial charge in [-0.3, -0.25) is 0 Å². The van der Waals surface area contributed by atoms with Crippen molar-refractivity contribution in [3.05, 3.63) is 22.4 Å². The molecule has 0 aliphatic rings. The lowest BCUT2D eigenvalue weighted by Gasteiger charge is -2.23. The van der Waals surface area contributed by atoms with Crippen LogP contribution in [0.3, 0.4) is 0 Å². The Labute approximate surface area is 105 Å². The zero-order valence-corrected chi connectivity index (χ0v) is 13.9. The normalized spacial score (nSPS) is 14.0. The Morgan fingerprint density at radius 3 is 2.19 bits per heavy atom. The van der Waals surface area contributed by atoms with Gasteiger partial charge in [-0.25, -0.2) is 0 Å². The third-order valence-electron chi connectivity index (χ3n) is 1.70. The smallest absolute Gasteiger partial charge is 0.175 e. The molecule has 0 fully saturated rings. The summed E-state index contributed by atoms with van der Waals surface area (Å²) in [5.74, 6) is 1.12. The Morgan fingerprint density at radius 2 is 1.81 bits per heavy atom. The lowest BCUT2D eigenvalue weighted by Crippen LogP contribution is -2.46. The summed E-state index contributed by atoms with van der Waals surface area (Å²) >= 11 is 1.76. The van der Waals surface area contributed by atoms with Crippen LogP contribution in [-0.4, -0.2) is 22.3 Å². The molecule has 2 nitrogen and oxygen atoms in total. The lowest BCUT2D eigenvalue weighted by molar-refractivity contribution is 1.31. The first-order valence-corrected chi connectivity index (χ1v) is 13.4. The average molecular weight is 271 g/mol. The second-order valence-corrected chi connectivity index (χ2v) is 16.2. The van der Waals surface area contributed by atoms with E-state index in [4.69, 9.17) is 4.66 Å². The highest BCUT2D eigenvalue weighted by atomic mass is 32.1. The standard InChI is InChI=1S/C11H22N2SSi2/c1-15(2,3)12-11(13-16(4,5)6)10-8-7-9-14-10/h7-9H,1-6H3,(H,12,13). The highest BCUT2D eigenvalue weighted by Gasteiger charge is 2.20. The van der Waals surface area contributed by atoms with E-state index in [1.165, 1.54) is 4.88 Å². The van der Waals surface area contributed by atoms with Crippen LogP contribution in [0, 0.1) is 0 Å². The Hall–Kier alpha value is -0.396. The van der Waals surface area contributed by atoms with Gasteiger partial charge in [-0.1, -0.05) is 25.7 Å². The second-order valence-electron chi connectivity index (χ2n) is 5.98. The third-order valence-corrected chi connectivity index (χ3v) is 4.45. The van der Waals surface area contributed by atoms with Crippen molar-refractivity contribution in [1.29, 1.82) is 0 Å². The van der Waals surface area contributed by atoms with Gasteiger partial charge in [0.05, 0.1) is 4.88 Å². The van der Waals surface area contributed by atoms with Crippen LogP contribution >= 0.6 is 11.3 Å². The van der Waals surface area contributed by atoms with Crippen LogP contribution in [0.2, 0.25) is 39.3 Å². The average Bonchev–Trinajstić information content (AvgIpc) is 2.47. The van der Waals surface area contributed by atoms with Crippen LogP contribution in [0.5, 0.6) is 0 Å². The first kappa shape index (κ1) is 13.7. The first-order chi connectivity index (χ1) is 7.17. The Balaban J connectivity index is 3.01. The summed E-state index contributed by atoms with van der Waals surface area (Å²) in [6.45, 7) is 13.7. The molecule has 1 N–H and O–H groups in total. The van der Waals surface area contributed by atoms with Gasteiger partial charge in [0.25, 0.3) is 0 Å². The highest BCUT2D eigenvalue weighted by Crippen LogP contribution is 2.13. The molecular formula is C11H22N2SSi2. The summed E-state index contributed by atoms with van der Waals surface area (Å²) in [7, 11) is -2.75. The number of hydrogen-bond donors (Lipinski definition) is 1. The molecule has 0 saturated heterocycles. The van der Waals surface area contributed by atoms with E-state index in [1.807, 2.05) is 0 Å². The van der Waals surface area contributed by atoms with Gasteiger partial charge in [-0.05, 0) is 31.1 Å². The quantitative estimate of drug-likeness (QED) is 0.505. The van der Waals surface area contributed by atoms with Crippen LogP contribution in [0.15, 0.2) is 22.2 Å².